The third-order valence-electron chi connectivity index (χ3n) is 2.17. The molecule has 106 valence electrons. The van der Waals surface area contributed by atoms with Crippen LogP contribution in [-0.4, -0.2) is 12.6 Å². The smallest absolute Gasteiger partial charge is 0.317 e. The lowest BCUT2D eigenvalue weighted by Crippen LogP contribution is -2.35. The summed E-state index contributed by atoms with van der Waals surface area (Å²) in [7, 11) is 0. The highest BCUT2D eigenvalue weighted by Gasteiger charge is 2.32. The number of nitrogens with zero attached hydrogens (tertiary/aromatic N) is 2. The van der Waals surface area contributed by atoms with Crippen molar-refractivity contribution in [1.29, 1.82) is 5.26 Å². The van der Waals surface area contributed by atoms with Gasteiger partial charge >= 0.3 is 6.18 Å². The van der Waals surface area contributed by atoms with Crippen molar-refractivity contribution < 1.29 is 13.2 Å². The Morgan fingerprint density at radius 3 is 2.30 bits per heavy atom. The summed E-state index contributed by atoms with van der Waals surface area (Å²) < 4.78 is 37.6. The van der Waals surface area contributed by atoms with Gasteiger partial charge in [0, 0.05) is 0 Å². The van der Waals surface area contributed by atoms with Crippen LogP contribution in [0.3, 0.4) is 0 Å². The van der Waals surface area contributed by atoms with Gasteiger partial charge in [0.25, 0.3) is 0 Å². The van der Waals surface area contributed by atoms with Crippen LogP contribution in [0.2, 0.25) is 10.0 Å². The van der Waals surface area contributed by atoms with E-state index in [2.05, 4.69) is 15.7 Å². The molecule has 0 aliphatic rings. The molecule has 0 saturated heterocycles. The number of hydrazine groups is 1. The summed E-state index contributed by atoms with van der Waals surface area (Å²) in [5, 5.41) is 8.21. The number of nitriles is 1. The fourth-order valence-corrected chi connectivity index (χ4v) is 1.81. The van der Waals surface area contributed by atoms with E-state index in [1.165, 1.54) is 0 Å². The Hall–Kier alpha value is -1.67. The second-order valence-electron chi connectivity index (χ2n) is 3.60. The van der Waals surface area contributed by atoms with Crippen molar-refractivity contribution in [2.24, 2.45) is 0 Å². The fourth-order valence-electron chi connectivity index (χ4n) is 1.23. The molecular formula is C11H7Cl2F3N4. The lowest BCUT2D eigenvalue weighted by atomic mass is 10.2. The first-order chi connectivity index (χ1) is 9.29. The number of halogens is 5. The summed E-state index contributed by atoms with van der Waals surface area (Å²) in [6.45, 7) is 6.50. The zero-order valence-corrected chi connectivity index (χ0v) is 11.2. The summed E-state index contributed by atoms with van der Waals surface area (Å²) in [6, 6.07) is 2.38. The molecule has 20 heavy (non-hydrogen) atoms. The molecule has 9 heteroatoms. The zero-order chi connectivity index (χ0) is 15.3. The summed E-state index contributed by atoms with van der Waals surface area (Å²) >= 11 is 11.4. The number of hydrogen-bond donors (Lipinski definition) is 2. The van der Waals surface area contributed by atoms with Gasteiger partial charge in [0.2, 0.25) is 6.54 Å². The maximum Gasteiger partial charge on any atom is 0.416 e. The monoisotopic (exact) mass is 322 g/mol. The Morgan fingerprint density at radius 1 is 1.35 bits per heavy atom. The van der Waals surface area contributed by atoms with E-state index >= 15 is 0 Å². The highest BCUT2D eigenvalue weighted by atomic mass is 35.5. The number of hydrogen-bond acceptors (Lipinski definition) is 3. The normalized spacial score (nSPS) is 12.3. The molecule has 0 spiro atoms. The molecule has 1 atom stereocenters. The van der Waals surface area contributed by atoms with Crippen molar-refractivity contribution in [3.8, 4) is 6.07 Å². The molecule has 0 bridgehead atoms. The second kappa shape index (κ2) is 6.67. The van der Waals surface area contributed by atoms with Gasteiger partial charge in [0.1, 0.15) is 0 Å². The highest BCUT2D eigenvalue weighted by Crippen LogP contribution is 2.38. The molecule has 0 aliphatic heterocycles. The predicted octanol–water partition coefficient (Wildman–Crippen LogP) is 3.74. The van der Waals surface area contributed by atoms with Gasteiger partial charge in [-0.15, -0.1) is 0 Å². The second-order valence-corrected chi connectivity index (χ2v) is 4.42. The minimum atomic E-state index is -4.56. The fraction of sp³-hybridized carbons (Fsp3) is 0.273. The molecule has 0 amide bonds. The lowest BCUT2D eigenvalue weighted by molar-refractivity contribution is -0.137. The van der Waals surface area contributed by atoms with E-state index in [1.54, 1.807) is 6.07 Å². The molecule has 1 aromatic rings. The molecule has 1 unspecified atom stereocenters. The van der Waals surface area contributed by atoms with Crippen LogP contribution in [0.5, 0.6) is 0 Å². The molecule has 0 heterocycles. The van der Waals surface area contributed by atoms with Crippen LogP contribution >= 0.6 is 23.2 Å². The van der Waals surface area contributed by atoms with Crippen molar-refractivity contribution in [2.75, 3.05) is 12.0 Å². The molecule has 0 aliphatic carbocycles. The Kier molecular flexibility index (Phi) is 5.46. The van der Waals surface area contributed by atoms with Crippen LogP contribution in [0.1, 0.15) is 5.56 Å². The summed E-state index contributed by atoms with van der Waals surface area (Å²) in [6.07, 6.45) is -4.56. The maximum absolute atomic E-state index is 12.5. The molecule has 2 N–H and O–H groups in total. The average molecular weight is 323 g/mol. The maximum atomic E-state index is 12.5. The van der Waals surface area contributed by atoms with Crippen molar-refractivity contribution in [1.82, 2.24) is 5.43 Å². The standard InChI is InChI=1S/C11H7Cl2F3N4/c1-18-5-7(4-17)19-20-10-8(12)2-6(3-9(10)13)11(14,15)16/h2-3,7,19-20H,5H2. The largest absolute Gasteiger partial charge is 0.416 e. The molecule has 4 nitrogen and oxygen atoms in total. The average Bonchev–Trinajstić information content (AvgIpc) is 2.35. The topological polar surface area (TPSA) is 52.2 Å². The number of nitrogens with one attached hydrogen (secondary N) is 2. The Labute approximate surface area is 122 Å². The molecule has 0 saturated carbocycles. The first-order valence-corrected chi connectivity index (χ1v) is 5.85. The molecular weight excluding hydrogens is 316 g/mol. The third-order valence-corrected chi connectivity index (χ3v) is 2.77. The van der Waals surface area contributed by atoms with E-state index in [-0.39, 0.29) is 22.3 Å². The van der Waals surface area contributed by atoms with Gasteiger partial charge in [0.15, 0.2) is 6.04 Å². The number of rotatable bonds is 4. The van der Waals surface area contributed by atoms with Crippen molar-refractivity contribution in [2.45, 2.75) is 12.2 Å². The summed E-state index contributed by atoms with van der Waals surface area (Å²) in [5.41, 5.74) is 3.93. The SMILES string of the molecule is [C-]#[N+]CC(C#N)NNc1c(Cl)cc(C(F)(F)F)cc1Cl. The van der Waals surface area contributed by atoms with E-state index < -0.39 is 17.8 Å². The lowest BCUT2D eigenvalue weighted by Gasteiger charge is -2.15. The molecule has 1 rings (SSSR count). The minimum absolute atomic E-state index is 0.00608. The third kappa shape index (κ3) is 4.17. The summed E-state index contributed by atoms with van der Waals surface area (Å²) in [4.78, 5) is 3.02. The zero-order valence-electron chi connectivity index (χ0n) is 9.72. The van der Waals surface area contributed by atoms with Crippen LogP contribution in [0.4, 0.5) is 18.9 Å². The van der Waals surface area contributed by atoms with E-state index in [4.69, 9.17) is 35.0 Å². The van der Waals surface area contributed by atoms with Gasteiger partial charge in [-0.1, -0.05) is 23.2 Å². The number of anilines is 1. The highest BCUT2D eigenvalue weighted by molar-refractivity contribution is 6.39. The summed E-state index contributed by atoms with van der Waals surface area (Å²) in [5.74, 6) is 0. The van der Waals surface area contributed by atoms with E-state index in [0.717, 1.165) is 0 Å². The van der Waals surface area contributed by atoms with Crippen LogP contribution in [0.25, 0.3) is 4.85 Å². The van der Waals surface area contributed by atoms with Gasteiger partial charge in [-0.05, 0) is 12.1 Å². The van der Waals surface area contributed by atoms with Gasteiger partial charge in [-0.2, -0.15) is 18.4 Å². The van der Waals surface area contributed by atoms with Crippen molar-refractivity contribution in [3.63, 3.8) is 0 Å². The van der Waals surface area contributed by atoms with Gasteiger partial charge in [-0.3, -0.25) is 0 Å². The van der Waals surface area contributed by atoms with Gasteiger partial charge < -0.3 is 10.3 Å². The van der Waals surface area contributed by atoms with Crippen molar-refractivity contribution >= 4 is 28.9 Å². The van der Waals surface area contributed by atoms with E-state index in [0.29, 0.717) is 12.1 Å². The first-order valence-electron chi connectivity index (χ1n) is 5.10. The van der Waals surface area contributed by atoms with Crippen LogP contribution in [0, 0.1) is 17.9 Å². The Balaban J connectivity index is 2.93. The Bertz CT molecular complexity index is 551. The van der Waals surface area contributed by atoms with Gasteiger partial charge in [0.05, 0.1) is 27.4 Å². The number of alkyl halides is 3. The molecule has 0 fully saturated rings. The minimum Gasteiger partial charge on any atom is -0.317 e. The van der Waals surface area contributed by atoms with Gasteiger partial charge in [-0.25, -0.2) is 12.0 Å². The number of benzene rings is 1. The van der Waals surface area contributed by atoms with Crippen molar-refractivity contribution in [3.05, 3.63) is 39.2 Å². The van der Waals surface area contributed by atoms with Crippen LogP contribution < -0.4 is 10.9 Å². The Morgan fingerprint density at radius 2 is 1.90 bits per heavy atom. The van der Waals surface area contributed by atoms with E-state index in [9.17, 15) is 13.2 Å². The predicted molar refractivity (Wildman–Crippen MR) is 69.1 cm³/mol. The molecule has 0 aromatic heterocycles. The molecule has 0 radical (unpaired) electrons. The molecule has 1 aromatic carbocycles. The first kappa shape index (κ1) is 16.4. The van der Waals surface area contributed by atoms with Crippen LogP contribution in [-0.2, 0) is 6.18 Å². The van der Waals surface area contributed by atoms with E-state index in [1.807, 2.05) is 0 Å². The van der Waals surface area contributed by atoms with Crippen LogP contribution in [0.15, 0.2) is 12.1 Å². The quantitative estimate of drug-likeness (QED) is 0.656.